The van der Waals surface area contributed by atoms with Gasteiger partial charge >= 0.3 is 11.9 Å². The van der Waals surface area contributed by atoms with Crippen molar-refractivity contribution in [2.75, 3.05) is 4.72 Å². The molecule has 4 rings (SSSR count). The molecule has 4 N–H and O–H groups in total. The van der Waals surface area contributed by atoms with Crippen molar-refractivity contribution < 1.29 is 32.6 Å². The highest BCUT2D eigenvalue weighted by Gasteiger charge is 2.27. The van der Waals surface area contributed by atoms with Gasteiger partial charge in [-0.25, -0.2) is 22.4 Å². The van der Waals surface area contributed by atoms with Gasteiger partial charge in [0.2, 0.25) is 0 Å². The van der Waals surface area contributed by atoms with Crippen LogP contribution in [0.25, 0.3) is 5.65 Å². The van der Waals surface area contributed by atoms with Crippen LogP contribution >= 0.6 is 0 Å². The number of rotatable bonds is 8. The number of aromatic carboxylic acids is 2. The third kappa shape index (κ3) is 5.47. The molecule has 0 aliphatic heterocycles. The molecule has 4 aromatic rings. The van der Waals surface area contributed by atoms with Crippen LogP contribution in [-0.4, -0.2) is 50.4 Å². The highest BCUT2D eigenvalue weighted by molar-refractivity contribution is 7.92. The summed E-state index contributed by atoms with van der Waals surface area (Å²) in [7, 11) is -4.37. The number of fused-ring (bicyclic) bond motifs is 1. The molecule has 0 spiro atoms. The molecule has 0 aliphatic rings. The van der Waals surface area contributed by atoms with Crippen LogP contribution in [0.4, 0.5) is 21.5 Å². The Morgan fingerprint density at radius 1 is 1.05 bits per heavy atom. The molecule has 0 radical (unpaired) electrons. The largest absolute Gasteiger partial charge is 0.478 e. The second-order valence-corrected chi connectivity index (χ2v) is 11.2. The molecule has 13 nitrogen and oxygen atoms in total. The summed E-state index contributed by atoms with van der Waals surface area (Å²) in [6.45, 7) is 7.70. The van der Waals surface area contributed by atoms with Crippen molar-refractivity contribution in [2.24, 2.45) is 10.2 Å². The third-order valence-electron chi connectivity index (χ3n) is 5.59. The zero-order valence-electron chi connectivity index (χ0n) is 21.2. The van der Waals surface area contributed by atoms with E-state index in [2.05, 4.69) is 30.1 Å². The first-order chi connectivity index (χ1) is 18.2. The number of carbonyl (C=O) groups is 2. The molecule has 0 aliphatic carbocycles. The Balaban J connectivity index is 1.65. The molecular formula is C24H24FN7O6S. The van der Waals surface area contributed by atoms with Gasteiger partial charge in [0.25, 0.3) is 10.0 Å². The second kappa shape index (κ2) is 9.90. The van der Waals surface area contributed by atoms with Crippen LogP contribution in [0, 0.1) is 5.82 Å². The van der Waals surface area contributed by atoms with Gasteiger partial charge in [0, 0.05) is 17.5 Å². The number of H-pyrrole nitrogens is 1. The summed E-state index contributed by atoms with van der Waals surface area (Å²) in [6, 6.07) is 5.88. The van der Waals surface area contributed by atoms with Crippen LogP contribution in [0.2, 0.25) is 0 Å². The van der Waals surface area contributed by atoms with E-state index >= 15 is 0 Å². The van der Waals surface area contributed by atoms with Crippen LogP contribution in [0.5, 0.6) is 0 Å². The Morgan fingerprint density at radius 3 is 2.33 bits per heavy atom. The number of nitrogens with one attached hydrogen (secondary N) is 2. The number of sulfonamides is 1. The fourth-order valence-corrected chi connectivity index (χ4v) is 4.70. The highest BCUT2D eigenvalue weighted by Crippen LogP contribution is 2.35. The van der Waals surface area contributed by atoms with Crippen molar-refractivity contribution in [1.82, 2.24) is 19.8 Å². The topological polar surface area (TPSA) is 191 Å². The van der Waals surface area contributed by atoms with Crippen molar-refractivity contribution in [3.05, 3.63) is 64.9 Å². The zero-order valence-corrected chi connectivity index (χ0v) is 22.0. The maximum Gasteiger partial charge on any atom is 0.336 e. The molecular weight excluding hydrogens is 533 g/mol. The van der Waals surface area contributed by atoms with E-state index in [4.69, 9.17) is 5.11 Å². The predicted molar refractivity (Wildman–Crippen MR) is 137 cm³/mol. The lowest BCUT2D eigenvalue weighted by atomic mass is 9.91. The molecule has 39 heavy (non-hydrogen) atoms. The average Bonchev–Trinajstić information content (AvgIpc) is 3.41. The maximum atomic E-state index is 14.9. The number of halogens is 1. The van der Waals surface area contributed by atoms with Gasteiger partial charge in [0.05, 0.1) is 21.7 Å². The Kier molecular flexibility index (Phi) is 6.95. The predicted octanol–water partition coefficient (Wildman–Crippen LogP) is 4.67. The number of nitrogens with zero attached hydrogens (tertiary/aromatic N) is 5. The normalized spacial score (nSPS) is 12.3. The summed E-state index contributed by atoms with van der Waals surface area (Å²) in [5, 5.41) is 35.4. The number of carboxylic acid groups (broad SMARTS) is 2. The first-order valence-corrected chi connectivity index (χ1v) is 13.0. The summed E-state index contributed by atoms with van der Waals surface area (Å²) in [5.41, 5.74) is -0.582. The minimum atomic E-state index is -4.37. The number of azo groups is 1. The fraction of sp³-hybridized carbons (Fsp3) is 0.250. The van der Waals surface area contributed by atoms with Crippen molar-refractivity contribution in [2.45, 2.75) is 44.4 Å². The lowest BCUT2D eigenvalue weighted by Crippen LogP contribution is -2.15. The Bertz CT molecular complexity index is 1750. The van der Waals surface area contributed by atoms with Crippen molar-refractivity contribution in [3.63, 3.8) is 0 Å². The SMILES string of the molecule is CCc1nn2nc(C(C)(C)C)c(/N=N/c3ccc(S(=O)(=O)Nc4ccc(C(=O)O)c(C(=O)O)c4)cc3F)c2[nH]1. The number of anilines is 1. The highest BCUT2D eigenvalue weighted by atomic mass is 32.2. The van der Waals surface area contributed by atoms with E-state index < -0.39 is 49.2 Å². The van der Waals surface area contributed by atoms with Crippen molar-refractivity contribution >= 4 is 44.7 Å². The molecule has 2 aromatic heterocycles. The number of aryl methyl sites for hydroxylation is 1. The number of aromatic amines is 1. The molecule has 0 fully saturated rings. The fourth-order valence-electron chi connectivity index (χ4n) is 3.64. The van der Waals surface area contributed by atoms with Gasteiger partial charge in [-0.05, 0) is 36.4 Å². The van der Waals surface area contributed by atoms with E-state index in [1.807, 2.05) is 27.7 Å². The monoisotopic (exact) mass is 557 g/mol. The molecule has 0 bridgehead atoms. The second-order valence-electron chi connectivity index (χ2n) is 9.50. The average molecular weight is 558 g/mol. The summed E-state index contributed by atoms with van der Waals surface area (Å²) < 4.78 is 44.1. The molecule has 0 saturated heterocycles. The molecule has 0 amide bonds. The molecule has 15 heteroatoms. The zero-order chi connectivity index (χ0) is 28.7. The molecule has 2 aromatic carbocycles. The number of hydrogen-bond donors (Lipinski definition) is 4. The number of benzene rings is 2. The Labute approximate surface area is 221 Å². The quantitative estimate of drug-likeness (QED) is 0.225. The van der Waals surface area contributed by atoms with E-state index in [1.54, 1.807) is 0 Å². The van der Waals surface area contributed by atoms with Gasteiger partial charge in [-0.15, -0.1) is 20.0 Å². The lowest BCUT2D eigenvalue weighted by molar-refractivity contribution is 0.0651. The summed E-state index contributed by atoms with van der Waals surface area (Å²) in [5.74, 6) is -3.34. The number of hydrogen-bond acceptors (Lipinski definition) is 8. The first-order valence-electron chi connectivity index (χ1n) is 11.5. The third-order valence-corrected chi connectivity index (χ3v) is 6.97. The maximum absolute atomic E-state index is 14.9. The number of aromatic nitrogens is 4. The van der Waals surface area contributed by atoms with Crippen LogP contribution in [-0.2, 0) is 21.9 Å². The van der Waals surface area contributed by atoms with E-state index in [9.17, 15) is 27.5 Å². The standard InChI is InChI=1S/C24H24FN7O6S/c1-5-18-26-21-19(20(24(2,3)4)30-32(21)29-18)28-27-17-9-7-13(11-16(17)25)39(37,38)31-12-6-8-14(22(33)34)15(10-12)23(35)36/h6-11,31H,5H2,1-4H3,(H,26,29)(H,33,34)(H,35,36)/b28-27+. The van der Waals surface area contributed by atoms with Gasteiger partial charge in [0.1, 0.15) is 11.5 Å². The van der Waals surface area contributed by atoms with Crippen LogP contribution in [0.3, 0.4) is 0 Å². The summed E-state index contributed by atoms with van der Waals surface area (Å²) >= 11 is 0. The van der Waals surface area contributed by atoms with E-state index in [-0.39, 0.29) is 11.4 Å². The van der Waals surface area contributed by atoms with Crippen LogP contribution in [0.15, 0.2) is 51.5 Å². The molecule has 0 saturated carbocycles. The van der Waals surface area contributed by atoms with Crippen LogP contribution in [0.1, 0.15) is 59.9 Å². The van der Waals surface area contributed by atoms with Gasteiger partial charge in [-0.1, -0.05) is 27.7 Å². The Morgan fingerprint density at radius 2 is 1.74 bits per heavy atom. The first kappa shape index (κ1) is 27.4. The summed E-state index contributed by atoms with van der Waals surface area (Å²) in [6.07, 6.45) is 0.630. The van der Waals surface area contributed by atoms with Crippen molar-refractivity contribution in [3.8, 4) is 0 Å². The van der Waals surface area contributed by atoms with E-state index in [0.29, 0.717) is 29.3 Å². The Hall–Kier alpha value is -4.66. The minimum Gasteiger partial charge on any atom is -0.478 e. The molecule has 0 atom stereocenters. The van der Waals surface area contributed by atoms with Gasteiger partial charge in [0.15, 0.2) is 17.2 Å². The minimum absolute atomic E-state index is 0.215. The number of carboxylic acids is 2. The van der Waals surface area contributed by atoms with Crippen LogP contribution < -0.4 is 4.72 Å². The lowest BCUT2D eigenvalue weighted by Gasteiger charge is -2.15. The molecule has 0 unspecified atom stereocenters. The summed E-state index contributed by atoms with van der Waals surface area (Å²) in [4.78, 5) is 25.3. The smallest absolute Gasteiger partial charge is 0.336 e. The molecule has 2 heterocycles. The van der Waals surface area contributed by atoms with E-state index in [1.165, 1.54) is 4.63 Å². The van der Waals surface area contributed by atoms with Gasteiger partial charge in [-0.2, -0.15) is 5.10 Å². The van der Waals surface area contributed by atoms with Crippen molar-refractivity contribution in [1.29, 1.82) is 0 Å². The van der Waals surface area contributed by atoms with E-state index in [0.717, 1.165) is 36.4 Å². The molecule has 204 valence electrons. The van der Waals surface area contributed by atoms with Gasteiger partial charge < -0.3 is 15.2 Å². The van der Waals surface area contributed by atoms with Gasteiger partial charge in [-0.3, -0.25) is 4.72 Å².